The van der Waals surface area contributed by atoms with E-state index in [0.717, 1.165) is 55.0 Å². The van der Waals surface area contributed by atoms with Gasteiger partial charge in [-0.25, -0.2) is 15.0 Å². The van der Waals surface area contributed by atoms with Gasteiger partial charge in [0.15, 0.2) is 17.5 Å². The summed E-state index contributed by atoms with van der Waals surface area (Å²) in [5.74, 6) is 4.06. The predicted molar refractivity (Wildman–Crippen MR) is 211 cm³/mol. The van der Waals surface area contributed by atoms with Gasteiger partial charge >= 0.3 is 192 Å². The second-order valence-corrected chi connectivity index (χ2v) is 12.8. The van der Waals surface area contributed by atoms with Gasteiger partial charge < -0.3 is 0 Å². The van der Waals surface area contributed by atoms with Gasteiger partial charge in [0.05, 0.1) is 0 Å². The first-order valence-electron chi connectivity index (χ1n) is 17.1. The van der Waals surface area contributed by atoms with Crippen LogP contribution in [0.2, 0.25) is 0 Å². The first kappa shape index (κ1) is 29.2. The van der Waals surface area contributed by atoms with Crippen molar-refractivity contribution in [3.63, 3.8) is 0 Å². The third-order valence-corrected chi connectivity index (χ3v) is 9.72. The van der Waals surface area contributed by atoms with E-state index in [1.54, 1.807) is 0 Å². The molecule has 7 aromatic carbocycles. The molecule has 0 atom stereocenters. The molecule has 51 heavy (non-hydrogen) atoms. The Bertz CT molecular complexity index is 2840. The van der Waals surface area contributed by atoms with Gasteiger partial charge in [-0.05, 0) is 0 Å². The molecule has 0 spiro atoms. The molecule has 0 saturated carbocycles. The third-order valence-electron chi connectivity index (χ3n) is 9.72. The van der Waals surface area contributed by atoms with Crippen LogP contribution in [0, 0.1) is 0 Å². The van der Waals surface area contributed by atoms with Crippen LogP contribution in [-0.2, 0) is 0 Å². The number of benzene rings is 7. The summed E-state index contributed by atoms with van der Waals surface area (Å²) in [5.41, 5.74) is 9.15. The van der Waals surface area contributed by atoms with Crippen molar-refractivity contribution in [3.05, 3.63) is 170 Å². The Labute approximate surface area is 294 Å². The molecule has 0 bridgehead atoms. The fourth-order valence-electron chi connectivity index (χ4n) is 7.12. The molecule has 10 rings (SSSR count). The van der Waals surface area contributed by atoms with Crippen molar-refractivity contribution in [2.45, 2.75) is 0 Å². The monoisotopic (exact) mass is 649 g/mol. The Morgan fingerprint density at radius 1 is 0.392 bits per heavy atom. The number of hydrogen-bond acceptors (Lipinski definition) is 4. The van der Waals surface area contributed by atoms with Crippen LogP contribution >= 0.6 is 0 Å². The molecule has 0 amide bonds. The summed E-state index contributed by atoms with van der Waals surface area (Å²) >= 11 is 0. The molecule has 0 aliphatic heterocycles. The van der Waals surface area contributed by atoms with E-state index in [9.17, 15) is 0 Å². The summed E-state index contributed by atoms with van der Waals surface area (Å²) in [4.78, 5) is 14.7. The Morgan fingerprint density at radius 2 is 0.961 bits per heavy atom. The van der Waals surface area contributed by atoms with E-state index < -0.39 is 0 Å². The maximum absolute atomic E-state index is 6.69. The van der Waals surface area contributed by atoms with Crippen molar-refractivity contribution in [1.82, 2.24) is 15.0 Å². The zero-order chi connectivity index (χ0) is 33.7. The number of fused-ring (bicyclic) bond motifs is 6. The van der Waals surface area contributed by atoms with Crippen LogP contribution in [0.4, 0.5) is 0 Å². The summed E-state index contributed by atoms with van der Waals surface area (Å²) in [5, 5.41) is 6.86. The molecule has 4 nitrogen and oxygen atoms in total. The Morgan fingerprint density at radius 3 is 1.67 bits per heavy atom. The number of nitrogens with zero attached hydrogens (tertiary/aromatic N) is 3. The van der Waals surface area contributed by atoms with E-state index in [1.807, 2.05) is 60.7 Å². The van der Waals surface area contributed by atoms with Crippen LogP contribution in [0.5, 0.6) is 0 Å². The average Bonchev–Trinajstić information content (AvgIpc) is 3.59. The summed E-state index contributed by atoms with van der Waals surface area (Å²) in [6.07, 6.45) is 0. The van der Waals surface area contributed by atoms with Gasteiger partial charge in [-0.15, -0.1) is 0 Å². The van der Waals surface area contributed by atoms with Crippen molar-refractivity contribution in [2.24, 2.45) is 0 Å². The third kappa shape index (κ3) is 5.19. The molecular formula is C46H28BN3O. The van der Waals surface area contributed by atoms with Crippen LogP contribution in [-0.4, -0.2) is 21.9 Å². The van der Waals surface area contributed by atoms with Crippen LogP contribution in [0.1, 0.15) is 0 Å². The van der Waals surface area contributed by atoms with Gasteiger partial charge in [-0.2, -0.15) is 0 Å². The van der Waals surface area contributed by atoms with Crippen LogP contribution in [0.15, 0.2) is 174 Å². The predicted octanol–water partition coefficient (Wildman–Crippen LogP) is 11.8. The first-order chi connectivity index (χ1) is 25.2. The molecule has 0 fully saturated rings. The molecular weight excluding hydrogens is 621 g/mol. The van der Waals surface area contributed by atoms with Crippen molar-refractivity contribution < 1.29 is 4.42 Å². The number of aromatic nitrogens is 3. The molecule has 10 aromatic rings. The fourth-order valence-corrected chi connectivity index (χ4v) is 7.12. The van der Waals surface area contributed by atoms with Gasteiger partial charge in [0, 0.05) is 11.1 Å². The molecule has 0 aliphatic rings. The van der Waals surface area contributed by atoms with Crippen molar-refractivity contribution in [2.75, 3.05) is 0 Å². The van der Waals surface area contributed by atoms with Crippen molar-refractivity contribution in [3.8, 4) is 56.3 Å². The van der Waals surface area contributed by atoms with Gasteiger partial charge in [0.1, 0.15) is 0 Å². The average molecular weight is 650 g/mol. The summed E-state index contributed by atoms with van der Waals surface area (Å²) in [6.45, 7) is 2.20. The normalized spacial score (nSPS) is 11.5. The topological polar surface area (TPSA) is 51.8 Å². The van der Waals surface area contributed by atoms with Gasteiger partial charge in [-0.1, -0.05) is 60.7 Å². The van der Waals surface area contributed by atoms with E-state index in [0.29, 0.717) is 17.5 Å². The molecule has 3 aromatic heterocycles. The molecule has 0 aliphatic carbocycles. The standard InChI is InChI=1S/C46H28BN3O/c1-3-11-31(12-4-1)44-48-45(32-13-5-2-6-14-32)50-46(49-44)34-23-24-37-40-27-39(36-17-9-10-18-38(36)43(40)51-42(37)26-34)29-19-21-30(22-20-29)41-25-33-15-7-8-16-35(33)28-47-41/h1-28H. The number of hydrogen-bond donors (Lipinski definition) is 0. The SMILES string of the molecule is b1cc2ccccc2cc1-c1ccc(-c2cc3c4ccc(-c5nc(-c6ccccc6)nc(-c6ccccc6)n5)cc4oc3c3ccccc23)cc1. The minimum absolute atomic E-state index is 0.599. The Kier molecular flexibility index (Phi) is 6.88. The Balaban J connectivity index is 1.09. The fraction of sp³-hybridized carbons (Fsp3) is 0. The van der Waals surface area contributed by atoms with E-state index in [2.05, 4.69) is 116 Å². The van der Waals surface area contributed by atoms with Gasteiger partial charge in [-0.3, -0.25) is 0 Å². The second-order valence-electron chi connectivity index (χ2n) is 12.8. The van der Waals surface area contributed by atoms with Gasteiger partial charge in [0.25, 0.3) is 0 Å². The Hall–Kier alpha value is -6.72. The van der Waals surface area contributed by atoms with Crippen LogP contribution in [0.25, 0.3) is 99.8 Å². The molecule has 0 radical (unpaired) electrons. The molecule has 0 unspecified atom stereocenters. The molecule has 0 saturated heterocycles. The first-order valence-corrected chi connectivity index (χ1v) is 17.1. The molecule has 236 valence electrons. The molecule has 3 heterocycles. The number of rotatable bonds is 5. The van der Waals surface area contributed by atoms with Crippen LogP contribution < -0.4 is 0 Å². The molecule has 5 heteroatoms. The minimum atomic E-state index is 0.599. The quantitative estimate of drug-likeness (QED) is 0.186. The second kappa shape index (κ2) is 12.0. The van der Waals surface area contributed by atoms with Crippen LogP contribution in [0.3, 0.4) is 0 Å². The zero-order valence-electron chi connectivity index (χ0n) is 27.5. The summed E-state index contributed by atoms with van der Waals surface area (Å²) in [6, 6.07) is 56.8. The van der Waals surface area contributed by atoms with E-state index in [4.69, 9.17) is 19.4 Å². The maximum atomic E-state index is 6.69. The van der Waals surface area contributed by atoms with E-state index in [-0.39, 0.29) is 0 Å². The van der Waals surface area contributed by atoms with Crippen molar-refractivity contribution >= 4 is 50.4 Å². The molecule has 0 N–H and O–H groups in total. The summed E-state index contributed by atoms with van der Waals surface area (Å²) < 4.78 is 6.69. The van der Waals surface area contributed by atoms with E-state index in [1.165, 1.54) is 27.4 Å². The van der Waals surface area contributed by atoms with Gasteiger partial charge in [0.2, 0.25) is 0 Å². The summed E-state index contributed by atoms with van der Waals surface area (Å²) in [7, 11) is 0. The van der Waals surface area contributed by atoms with Crippen molar-refractivity contribution in [1.29, 1.82) is 0 Å². The number of furan rings is 1. The van der Waals surface area contributed by atoms with E-state index >= 15 is 0 Å². The zero-order valence-corrected chi connectivity index (χ0v) is 27.5.